The molecule has 4 unspecified atom stereocenters. The van der Waals surface area contributed by atoms with Crippen molar-refractivity contribution in [3.63, 3.8) is 0 Å². The Morgan fingerprint density at radius 3 is 2.62 bits per heavy atom. The molecule has 2 N–H and O–H groups in total. The van der Waals surface area contributed by atoms with Gasteiger partial charge in [-0.2, -0.15) is 6.07 Å². The summed E-state index contributed by atoms with van der Waals surface area (Å²) in [5, 5.41) is 22.6. The molecule has 1 heterocycles. The Balaban J connectivity index is 0.00000128. The molecular weight excluding hydrogens is 296 g/mol. The van der Waals surface area contributed by atoms with E-state index in [1.54, 1.807) is 11.3 Å². The molecular formula is C11H14BO2SY-. The molecule has 2 rings (SSSR count). The first-order valence-corrected chi connectivity index (χ1v) is 6.05. The fourth-order valence-electron chi connectivity index (χ4n) is 2.40. The van der Waals surface area contributed by atoms with Crippen LogP contribution >= 0.6 is 11.3 Å². The molecule has 1 aromatic rings. The van der Waals surface area contributed by atoms with Crippen LogP contribution in [0.2, 0.25) is 6.32 Å². The Labute approximate surface area is 127 Å². The van der Waals surface area contributed by atoms with Gasteiger partial charge in [0.25, 0.3) is 0 Å². The smallest absolute Gasteiger partial charge is 0.0658 e. The maximum atomic E-state index is 9.84. The fourth-order valence-corrected chi connectivity index (χ4v) is 3.10. The minimum Gasteiger partial charge on any atom is -0.393 e. The van der Waals surface area contributed by atoms with Crippen LogP contribution in [0.3, 0.4) is 0 Å². The third-order valence-electron chi connectivity index (χ3n) is 3.26. The van der Waals surface area contributed by atoms with E-state index in [-0.39, 0.29) is 44.5 Å². The van der Waals surface area contributed by atoms with Crippen molar-refractivity contribution in [1.29, 1.82) is 0 Å². The number of hydrogen-bond donors (Lipinski definition) is 2. The summed E-state index contributed by atoms with van der Waals surface area (Å²) < 4.78 is 0. The van der Waals surface area contributed by atoms with Crippen LogP contribution in [0.25, 0.3) is 0 Å². The van der Waals surface area contributed by atoms with Gasteiger partial charge in [-0.05, 0) is 18.3 Å². The van der Waals surface area contributed by atoms with Crippen LogP contribution in [-0.4, -0.2) is 30.3 Å². The summed E-state index contributed by atoms with van der Waals surface area (Å²) in [4.78, 5) is 1.20. The zero-order valence-electron chi connectivity index (χ0n) is 9.04. The molecule has 1 aliphatic rings. The predicted molar refractivity (Wildman–Crippen MR) is 61.0 cm³/mol. The standard InChI is InChI=1S/C11H14BO2S.Y/c12-6-9-8(10(13)5-11(9)14)4-7-2-1-3-15-7;/h1-2,8-11,13-14H,4-6H2;/q-1;. The van der Waals surface area contributed by atoms with Crippen molar-refractivity contribution < 1.29 is 42.9 Å². The first kappa shape index (κ1) is 14.8. The van der Waals surface area contributed by atoms with E-state index in [9.17, 15) is 10.2 Å². The van der Waals surface area contributed by atoms with Crippen molar-refractivity contribution in [3.05, 3.63) is 22.4 Å². The van der Waals surface area contributed by atoms with E-state index < -0.39 is 12.2 Å². The largest absolute Gasteiger partial charge is 0.393 e. The Kier molecular flexibility index (Phi) is 6.17. The second-order valence-corrected chi connectivity index (χ2v) is 5.12. The van der Waals surface area contributed by atoms with Crippen LogP contribution in [0.5, 0.6) is 0 Å². The Bertz CT molecular complexity index is 307. The van der Waals surface area contributed by atoms with Gasteiger partial charge < -0.3 is 21.5 Å². The summed E-state index contributed by atoms with van der Waals surface area (Å²) in [6.07, 6.45) is 0.836. The van der Waals surface area contributed by atoms with Gasteiger partial charge >= 0.3 is 0 Å². The average molecular weight is 310 g/mol. The van der Waals surface area contributed by atoms with Gasteiger partial charge in [-0.15, -0.1) is 10.3 Å². The first-order valence-electron chi connectivity index (χ1n) is 5.23. The monoisotopic (exact) mass is 310 g/mol. The topological polar surface area (TPSA) is 40.5 Å². The molecule has 2 nitrogen and oxygen atoms in total. The van der Waals surface area contributed by atoms with Gasteiger partial charge in [0.15, 0.2) is 0 Å². The zero-order valence-corrected chi connectivity index (χ0v) is 12.7. The van der Waals surface area contributed by atoms with Gasteiger partial charge in [-0.3, -0.25) is 0 Å². The predicted octanol–water partition coefficient (Wildman–Crippen LogP) is 1.03. The van der Waals surface area contributed by atoms with Crippen molar-refractivity contribution in [1.82, 2.24) is 0 Å². The molecule has 83 valence electrons. The number of aliphatic hydroxyl groups is 2. The average Bonchev–Trinajstić information content (AvgIpc) is 2.77. The minimum atomic E-state index is -0.445. The molecule has 0 amide bonds. The van der Waals surface area contributed by atoms with E-state index >= 15 is 0 Å². The Morgan fingerprint density at radius 2 is 2.06 bits per heavy atom. The van der Waals surface area contributed by atoms with Crippen molar-refractivity contribution in [2.24, 2.45) is 11.8 Å². The molecule has 16 heavy (non-hydrogen) atoms. The molecule has 0 aromatic carbocycles. The molecule has 1 aromatic heterocycles. The maximum absolute atomic E-state index is 9.84. The van der Waals surface area contributed by atoms with Gasteiger partial charge in [-0.1, -0.05) is 12.7 Å². The second-order valence-electron chi connectivity index (χ2n) is 4.16. The summed E-state index contributed by atoms with van der Waals surface area (Å²) in [6.45, 7) is 0. The molecule has 1 saturated carbocycles. The third kappa shape index (κ3) is 3.17. The first-order chi connectivity index (χ1) is 7.22. The van der Waals surface area contributed by atoms with E-state index in [0.29, 0.717) is 12.7 Å². The number of hydrogen-bond acceptors (Lipinski definition) is 3. The SMILES string of the molecule is [B]CC1C(O)CC(O)C1Cc1cc[c-]s1.[Y]. The molecule has 0 bridgehead atoms. The maximum Gasteiger partial charge on any atom is 0.0658 e. The van der Waals surface area contributed by atoms with E-state index in [1.165, 1.54) is 4.88 Å². The van der Waals surface area contributed by atoms with Crippen molar-refractivity contribution >= 4 is 19.2 Å². The summed E-state index contributed by atoms with van der Waals surface area (Å²) >= 11 is 1.57. The summed E-state index contributed by atoms with van der Waals surface area (Å²) in [7, 11) is 5.63. The fraction of sp³-hybridized carbons (Fsp3) is 0.636. The molecule has 0 aliphatic heterocycles. The second kappa shape index (κ2) is 6.65. The minimum absolute atomic E-state index is 0. The summed E-state index contributed by atoms with van der Waals surface area (Å²) in [5.41, 5.74) is 0. The van der Waals surface area contributed by atoms with Gasteiger partial charge in [0.05, 0.1) is 20.1 Å². The quantitative estimate of drug-likeness (QED) is 0.647. The normalized spacial score (nSPS) is 33.6. The van der Waals surface area contributed by atoms with E-state index in [4.69, 9.17) is 7.85 Å². The van der Waals surface area contributed by atoms with Crippen LogP contribution in [0, 0.1) is 17.2 Å². The zero-order chi connectivity index (χ0) is 10.8. The molecule has 4 atom stereocenters. The van der Waals surface area contributed by atoms with Crippen molar-refractivity contribution in [3.8, 4) is 0 Å². The van der Waals surface area contributed by atoms with E-state index in [0.717, 1.165) is 6.42 Å². The third-order valence-corrected chi connectivity index (χ3v) is 4.08. The summed E-state index contributed by atoms with van der Waals surface area (Å²) in [6, 6.07) is 3.89. The summed E-state index contributed by atoms with van der Waals surface area (Å²) in [5.74, 6) is 0.124. The van der Waals surface area contributed by atoms with Crippen LogP contribution in [0.4, 0.5) is 0 Å². The van der Waals surface area contributed by atoms with Crippen LogP contribution < -0.4 is 0 Å². The van der Waals surface area contributed by atoms with Crippen molar-refractivity contribution in [2.75, 3.05) is 0 Å². The van der Waals surface area contributed by atoms with E-state index in [2.05, 4.69) is 5.38 Å². The molecule has 0 spiro atoms. The van der Waals surface area contributed by atoms with Crippen LogP contribution in [0.1, 0.15) is 11.3 Å². The van der Waals surface area contributed by atoms with Gasteiger partial charge in [-0.25, -0.2) is 6.07 Å². The van der Waals surface area contributed by atoms with Crippen LogP contribution in [0.15, 0.2) is 12.1 Å². The number of aliphatic hydroxyl groups excluding tert-OH is 2. The van der Waals surface area contributed by atoms with Gasteiger partial charge in [0, 0.05) is 32.7 Å². The van der Waals surface area contributed by atoms with Crippen molar-refractivity contribution in [2.45, 2.75) is 31.4 Å². The molecule has 1 aliphatic carbocycles. The molecule has 5 heteroatoms. The molecule has 3 radical (unpaired) electrons. The number of rotatable bonds is 3. The number of thiophene rings is 1. The van der Waals surface area contributed by atoms with Gasteiger partial charge in [0.2, 0.25) is 0 Å². The Morgan fingerprint density at radius 1 is 1.38 bits per heavy atom. The van der Waals surface area contributed by atoms with E-state index in [1.807, 2.05) is 12.1 Å². The Hall–Kier alpha value is 0.789. The van der Waals surface area contributed by atoms with Gasteiger partial charge in [0.1, 0.15) is 0 Å². The molecule has 1 fully saturated rings. The van der Waals surface area contributed by atoms with Crippen LogP contribution in [-0.2, 0) is 39.1 Å². The molecule has 0 saturated heterocycles.